The summed E-state index contributed by atoms with van der Waals surface area (Å²) in [7, 11) is 2.02. The maximum atomic E-state index is 9.43. The van der Waals surface area contributed by atoms with Crippen LogP contribution >= 0.6 is 0 Å². The zero-order valence-electron chi connectivity index (χ0n) is 11.6. The van der Waals surface area contributed by atoms with E-state index in [1.165, 1.54) is 29.7 Å². The molecule has 0 bridgehead atoms. The number of aliphatic hydroxyl groups excluding tert-OH is 1. The summed E-state index contributed by atoms with van der Waals surface area (Å²) in [6.45, 7) is 5.58. The van der Waals surface area contributed by atoms with Crippen molar-refractivity contribution in [1.82, 2.24) is 5.32 Å². The van der Waals surface area contributed by atoms with Gasteiger partial charge in [0.05, 0.1) is 6.10 Å². The van der Waals surface area contributed by atoms with Gasteiger partial charge in [-0.3, -0.25) is 0 Å². The fraction of sp³-hybridized carbons (Fsp3) is 0.600. The molecule has 1 aliphatic carbocycles. The third-order valence-electron chi connectivity index (χ3n) is 3.38. The minimum atomic E-state index is -0.300. The van der Waals surface area contributed by atoms with Crippen molar-refractivity contribution >= 4 is 5.69 Å². The molecule has 18 heavy (non-hydrogen) atoms. The number of hydrogen-bond donors (Lipinski definition) is 2. The highest BCUT2D eigenvalue weighted by Crippen LogP contribution is 2.22. The van der Waals surface area contributed by atoms with E-state index in [0.29, 0.717) is 6.54 Å². The summed E-state index contributed by atoms with van der Waals surface area (Å²) in [5, 5.41) is 13.0. The Bertz CT molecular complexity index is 399. The smallest absolute Gasteiger partial charge is 0.0686 e. The zero-order chi connectivity index (χ0) is 13.1. The largest absolute Gasteiger partial charge is 0.392 e. The van der Waals surface area contributed by atoms with Gasteiger partial charge in [-0.2, -0.15) is 0 Å². The molecule has 0 aliphatic heterocycles. The molecule has 1 atom stereocenters. The SMILES string of the molecule is Cc1cc(CNC2CC2)ccc1N(C)CC(C)O. The van der Waals surface area contributed by atoms with Crippen molar-refractivity contribution in [2.24, 2.45) is 0 Å². The van der Waals surface area contributed by atoms with Crippen molar-refractivity contribution in [2.45, 2.75) is 45.4 Å². The Morgan fingerprint density at radius 2 is 2.17 bits per heavy atom. The van der Waals surface area contributed by atoms with Gasteiger partial charge in [-0.05, 0) is 43.9 Å². The monoisotopic (exact) mass is 248 g/mol. The van der Waals surface area contributed by atoms with Crippen molar-refractivity contribution in [1.29, 1.82) is 0 Å². The first-order chi connectivity index (χ1) is 8.56. The van der Waals surface area contributed by atoms with Crippen LogP contribution in [0.4, 0.5) is 5.69 Å². The second-order valence-corrected chi connectivity index (χ2v) is 5.51. The zero-order valence-corrected chi connectivity index (χ0v) is 11.6. The molecule has 1 unspecified atom stereocenters. The van der Waals surface area contributed by atoms with Crippen LogP contribution in [0.1, 0.15) is 30.9 Å². The molecule has 0 saturated heterocycles. The van der Waals surface area contributed by atoms with E-state index in [9.17, 15) is 5.11 Å². The lowest BCUT2D eigenvalue weighted by molar-refractivity contribution is 0.201. The summed E-state index contributed by atoms with van der Waals surface area (Å²) in [4.78, 5) is 2.11. The summed E-state index contributed by atoms with van der Waals surface area (Å²) in [6, 6.07) is 7.32. The first-order valence-corrected chi connectivity index (χ1v) is 6.78. The number of aliphatic hydroxyl groups is 1. The van der Waals surface area contributed by atoms with Gasteiger partial charge in [0.15, 0.2) is 0 Å². The molecule has 0 heterocycles. The normalized spacial score (nSPS) is 16.7. The van der Waals surface area contributed by atoms with Gasteiger partial charge in [-0.25, -0.2) is 0 Å². The van der Waals surface area contributed by atoms with Crippen LogP contribution in [0.5, 0.6) is 0 Å². The average Bonchev–Trinajstić information content (AvgIpc) is 3.09. The Hall–Kier alpha value is -1.06. The summed E-state index contributed by atoms with van der Waals surface area (Å²) in [6.07, 6.45) is 2.35. The highest BCUT2D eigenvalue weighted by Gasteiger charge is 2.20. The van der Waals surface area contributed by atoms with Crippen LogP contribution in [-0.2, 0) is 6.54 Å². The molecule has 1 fully saturated rings. The van der Waals surface area contributed by atoms with Gasteiger partial charge in [0.25, 0.3) is 0 Å². The van der Waals surface area contributed by atoms with Gasteiger partial charge in [-0.1, -0.05) is 12.1 Å². The molecule has 0 aromatic heterocycles. The molecule has 1 aliphatic rings. The number of nitrogens with one attached hydrogen (secondary N) is 1. The highest BCUT2D eigenvalue weighted by atomic mass is 16.3. The van der Waals surface area contributed by atoms with Crippen LogP contribution in [0.15, 0.2) is 18.2 Å². The number of aryl methyl sites for hydroxylation is 1. The molecule has 3 nitrogen and oxygen atoms in total. The van der Waals surface area contributed by atoms with Crippen LogP contribution < -0.4 is 10.2 Å². The third-order valence-corrected chi connectivity index (χ3v) is 3.38. The topological polar surface area (TPSA) is 35.5 Å². The maximum absolute atomic E-state index is 9.43. The van der Waals surface area contributed by atoms with Crippen molar-refractivity contribution in [3.63, 3.8) is 0 Å². The highest BCUT2D eigenvalue weighted by molar-refractivity contribution is 5.54. The summed E-state index contributed by atoms with van der Waals surface area (Å²) < 4.78 is 0. The third kappa shape index (κ3) is 3.72. The number of anilines is 1. The molecule has 0 radical (unpaired) electrons. The lowest BCUT2D eigenvalue weighted by atomic mass is 10.1. The van der Waals surface area contributed by atoms with Crippen molar-refractivity contribution in [3.8, 4) is 0 Å². The second-order valence-electron chi connectivity index (χ2n) is 5.51. The molecule has 2 rings (SSSR count). The van der Waals surface area contributed by atoms with Crippen molar-refractivity contribution < 1.29 is 5.11 Å². The molecule has 3 heteroatoms. The standard InChI is InChI=1S/C15H24N2O/c1-11-8-13(9-16-14-5-6-14)4-7-15(11)17(3)10-12(2)18/h4,7-8,12,14,16,18H,5-6,9-10H2,1-3H3. The van der Waals surface area contributed by atoms with E-state index in [0.717, 1.165) is 12.6 Å². The number of nitrogens with zero attached hydrogens (tertiary/aromatic N) is 1. The molecule has 100 valence electrons. The first kappa shape index (κ1) is 13.4. The quantitative estimate of drug-likeness (QED) is 0.809. The van der Waals surface area contributed by atoms with Crippen molar-refractivity contribution in [2.75, 3.05) is 18.5 Å². The minimum absolute atomic E-state index is 0.300. The molecule has 1 aromatic carbocycles. The molecule has 1 saturated carbocycles. The van der Waals surface area contributed by atoms with Crippen LogP contribution in [0, 0.1) is 6.92 Å². The Balaban J connectivity index is 1.99. The minimum Gasteiger partial charge on any atom is -0.392 e. The Kier molecular flexibility index (Phi) is 4.25. The van der Waals surface area contributed by atoms with Crippen LogP contribution in [-0.4, -0.2) is 30.8 Å². The van der Waals surface area contributed by atoms with E-state index in [2.05, 4.69) is 35.3 Å². The van der Waals surface area contributed by atoms with E-state index >= 15 is 0 Å². The fourth-order valence-corrected chi connectivity index (χ4v) is 2.30. The molecular weight excluding hydrogens is 224 g/mol. The van der Waals surface area contributed by atoms with E-state index in [4.69, 9.17) is 0 Å². The Morgan fingerprint density at radius 1 is 1.44 bits per heavy atom. The fourth-order valence-electron chi connectivity index (χ4n) is 2.30. The van der Waals surface area contributed by atoms with Gasteiger partial charge < -0.3 is 15.3 Å². The summed E-state index contributed by atoms with van der Waals surface area (Å²) in [5.74, 6) is 0. The number of hydrogen-bond acceptors (Lipinski definition) is 3. The van der Waals surface area contributed by atoms with Crippen LogP contribution in [0.2, 0.25) is 0 Å². The first-order valence-electron chi connectivity index (χ1n) is 6.78. The Morgan fingerprint density at radius 3 is 2.72 bits per heavy atom. The molecular formula is C15H24N2O. The van der Waals surface area contributed by atoms with Crippen LogP contribution in [0.25, 0.3) is 0 Å². The van der Waals surface area contributed by atoms with E-state index in [1.54, 1.807) is 0 Å². The van der Waals surface area contributed by atoms with Gasteiger partial charge >= 0.3 is 0 Å². The van der Waals surface area contributed by atoms with E-state index in [1.807, 2.05) is 14.0 Å². The lowest BCUT2D eigenvalue weighted by Gasteiger charge is -2.23. The lowest BCUT2D eigenvalue weighted by Crippen LogP contribution is -2.27. The van der Waals surface area contributed by atoms with Gasteiger partial charge in [0.1, 0.15) is 0 Å². The second kappa shape index (κ2) is 5.72. The van der Waals surface area contributed by atoms with Crippen LogP contribution in [0.3, 0.4) is 0 Å². The maximum Gasteiger partial charge on any atom is 0.0686 e. The number of rotatable bonds is 6. The molecule has 0 amide bonds. The van der Waals surface area contributed by atoms with E-state index in [-0.39, 0.29) is 6.10 Å². The average molecular weight is 248 g/mol. The van der Waals surface area contributed by atoms with E-state index < -0.39 is 0 Å². The predicted octanol–water partition coefficient (Wildman–Crippen LogP) is 2.06. The summed E-state index contributed by atoms with van der Waals surface area (Å²) in [5.41, 5.74) is 3.81. The van der Waals surface area contributed by atoms with Gasteiger partial charge in [-0.15, -0.1) is 0 Å². The van der Waals surface area contributed by atoms with Crippen molar-refractivity contribution in [3.05, 3.63) is 29.3 Å². The predicted molar refractivity (Wildman–Crippen MR) is 76.0 cm³/mol. The molecule has 1 aromatic rings. The van der Waals surface area contributed by atoms with Gasteiger partial charge in [0, 0.05) is 31.9 Å². The van der Waals surface area contributed by atoms with Gasteiger partial charge in [0.2, 0.25) is 0 Å². The number of benzene rings is 1. The molecule has 2 N–H and O–H groups in total. The summed E-state index contributed by atoms with van der Waals surface area (Å²) >= 11 is 0. The molecule has 0 spiro atoms. The Labute approximate surface area is 110 Å². The number of likely N-dealkylation sites (N-methyl/N-ethyl adjacent to an activating group) is 1.